The molecule has 1 aliphatic heterocycles. The lowest BCUT2D eigenvalue weighted by molar-refractivity contribution is -0.139. The number of esters is 1. The first-order valence-corrected chi connectivity index (χ1v) is 12.6. The predicted octanol–water partition coefficient (Wildman–Crippen LogP) is 4.49. The van der Waals surface area contributed by atoms with E-state index in [1.807, 2.05) is 0 Å². The zero-order chi connectivity index (χ0) is 27.6. The Kier molecular flexibility index (Phi) is 8.26. The van der Waals surface area contributed by atoms with Crippen LogP contribution in [0.15, 0.2) is 42.6 Å². The highest BCUT2D eigenvalue weighted by Gasteiger charge is 2.39. The molecule has 1 saturated heterocycles. The van der Waals surface area contributed by atoms with Crippen LogP contribution in [-0.2, 0) is 38.5 Å². The highest BCUT2D eigenvalue weighted by atomic mass is 35.5. The Labute approximate surface area is 223 Å². The fourth-order valence-corrected chi connectivity index (χ4v) is 5.06. The first-order chi connectivity index (χ1) is 18.1. The Hall–Kier alpha value is -3.59. The number of carbonyl (C=O) groups is 4. The van der Waals surface area contributed by atoms with Crippen molar-refractivity contribution in [3.8, 4) is 0 Å². The van der Waals surface area contributed by atoms with Crippen LogP contribution >= 0.6 is 11.6 Å². The molecule has 200 valence electrons. The predicted molar refractivity (Wildman–Crippen MR) is 137 cm³/mol. The lowest BCUT2D eigenvalue weighted by Crippen LogP contribution is -2.42. The highest BCUT2D eigenvalue weighted by molar-refractivity contribution is 6.30. The number of Topliss-reactive ketones (excluding diaryl/α,β-unsaturated/α-hetero) is 2. The number of aromatic nitrogens is 1. The Morgan fingerprint density at radius 3 is 2.63 bits per heavy atom. The van der Waals surface area contributed by atoms with Gasteiger partial charge in [0.05, 0.1) is 31.1 Å². The van der Waals surface area contributed by atoms with Crippen LogP contribution in [0.2, 0.25) is 5.02 Å². The van der Waals surface area contributed by atoms with Gasteiger partial charge >= 0.3 is 5.97 Å². The van der Waals surface area contributed by atoms with E-state index in [2.05, 4.69) is 0 Å². The quantitative estimate of drug-likeness (QED) is 0.293. The Morgan fingerprint density at radius 2 is 1.92 bits per heavy atom. The molecular weight excluding hydrogens is 518 g/mol. The average Bonchev–Trinajstić information content (AvgIpc) is 3.45. The van der Waals surface area contributed by atoms with E-state index in [-0.39, 0.29) is 60.9 Å². The molecule has 0 saturated carbocycles. The van der Waals surface area contributed by atoms with Crippen molar-refractivity contribution < 1.29 is 32.7 Å². The second kappa shape index (κ2) is 11.4. The third-order valence-corrected chi connectivity index (χ3v) is 7.11. The summed E-state index contributed by atoms with van der Waals surface area (Å²) in [4.78, 5) is 51.5. The zero-order valence-corrected chi connectivity index (χ0v) is 21.8. The van der Waals surface area contributed by atoms with Gasteiger partial charge in [0.15, 0.2) is 11.6 Å². The normalized spacial score (nSPS) is 17.1. The number of hydrogen-bond donors (Lipinski definition) is 0. The molecule has 0 radical (unpaired) electrons. The molecule has 10 heteroatoms. The average molecular weight is 545 g/mol. The third-order valence-electron chi connectivity index (χ3n) is 6.82. The summed E-state index contributed by atoms with van der Waals surface area (Å²) < 4.78 is 34.9. The molecule has 38 heavy (non-hydrogen) atoms. The van der Waals surface area contributed by atoms with Crippen molar-refractivity contribution >= 4 is 45.9 Å². The van der Waals surface area contributed by atoms with Gasteiger partial charge in [-0.15, -0.1) is 0 Å². The molecule has 1 amide bonds. The van der Waals surface area contributed by atoms with Crippen molar-refractivity contribution in [2.75, 3.05) is 13.7 Å². The van der Waals surface area contributed by atoms with Gasteiger partial charge in [0, 0.05) is 35.5 Å². The van der Waals surface area contributed by atoms with Gasteiger partial charge < -0.3 is 14.2 Å². The van der Waals surface area contributed by atoms with Crippen molar-refractivity contribution in [1.29, 1.82) is 0 Å². The number of carbonyl (C=O) groups excluding carboxylic acids is 4. The summed E-state index contributed by atoms with van der Waals surface area (Å²) >= 11 is 5.81. The van der Waals surface area contributed by atoms with Crippen molar-refractivity contribution in [3.63, 3.8) is 0 Å². The number of alkyl halides is 1. The van der Waals surface area contributed by atoms with Gasteiger partial charge in [-0.3, -0.25) is 19.2 Å². The number of amides is 1. The van der Waals surface area contributed by atoms with Crippen LogP contribution in [0.4, 0.5) is 8.78 Å². The molecule has 3 aromatic rings. The van der Waals surface area contributed by atoms with Gasteiger partial charge in [0.2, 0.25) is 5.91 Å². The standard InChI is InChI=1S/C28H27ClF2N2O5/c1-16(34)21-14-32(23-10-17(6-8-20(21)23)11-27(37)38-2)15-26(36)33-13-19(30)12-24(33)25(35)9-7-18-4-3-5-22(29)28(18)31/h3-6,8,10,14,19,24H,7,9,11-13,15H2,1-2H3/t19-,24+/m1/s1. The minimum Gasteiger partial charge on any atom is -0.469 e. The molecule has 2 aromatic carbocycles. The van der Waals surface area contributed by atoms with E-state index in [9.17, 15) is 28.0 Å². The molecule has 2 atom stereocenters. The molecule has 0 aliphatic carbocycles. The van der Waals surface area contributed by atoms with Crippen LogP contribution < -0.4 is 0 Å². The minimum atomic E-state index is -1.36. The molecule has 0 bridgehead atoms. The van der Waals surface area contributed by atoms with E-state index < -0.39 is 29.9 Å². The largest absolute Gasteiger partial charge is 0.469 e. The van der Waals surface area contributed by atoms with Crippen LogP contribution in [0.5, 0.6) is 0 Å². The monoisotopic (exact) mass is 544 g/mol. The first kappa shape index (κ1) is 27.4. The van der Waals surface area contributed by atoms with E-state index in [1.165, 1.54) is 31.1 Å². The lowest BCUT2D eigenvalue weighted by Gasteiger charge is -2.24. The summed E-state index contributed by atoms with van der Waals surface area (Å²) in [5.41, 5.74) is 1.87. The smallest absolute Gasteiger partial charge is 0.309 e. The number of likely N-dealkylation sites (tertiary alicyclic amines) is 1. The molecule has 2 heterocycles. The lowest BCUT2D eigenvalue weighted by atomic mass is 10.0. The summed E-state index contributed by atoms with van der Waals surface area (Å²) in [5.74, 6) is -2.08. The second-order valence-electron chi connectivity index (χ2n) is 9.41. The van der Waals surface area contributed by atoms with Gasteiger partial charge in [-0.1, -0.05) is 35.9 Å². The first-order valence-electron chi connectivity index (χ1n) is 12.2. The maximum atomic E-state index is 14.4. The number of fused-ring (bicyclic) bond motifs is 1. The number of nitrogens with zero attached hydrogens (tertiary/aromatic N) is 2. The van der Waals surface area contributed by atoms with Gasteiger partial charge in [0.1, 0.15) is 18.5 Å². The maximum Gasteiger partial charge on any atom is 0.309 e. The van der Waals surface area contributed by atoms with E-state index >= 15 is 0 Å². The summed E-state index contributed by atoms with van der Waals surface area (Å²) in [6.45, 7) is 0.951. The van der Waals surface area contributed by atoms with Crippen LogP contribution in [-0.4, -0.2) is 58.8 Å². The fourth-order valence-electron chi connectivity index (χ4n) is 4.87. The maximum absolute atomic E-state index is 14.4. The van der Waals surface area contributed by atoms with Crippen LogP contribution in [0.25, 0.3) is 10.9 Å². The number of halogens is 3. The number of methoxy groups -OCH3 is 1. The summed E-state index contributed by atoms with van der Waals surface area (Å²) in [6, 6.07) is 8.68. The molecule has 1 aliphatic rings. The molecule has 7 nitrogen and oxygen atoms in total. The molecule has 1 fully saturated rings. The van der Waals surface area contributed by atoms with Crippen molar-refractivity contribution in [2.24, 2.45) is 0 Å². The van der Waals surface area contributed by atoms with E-state index in [0.29, 0.717) is 22.0 Å². The number of ketones is 2. The number of benzene rings is 2. The van der Waals surface area contributed by atoms with E-state index in [4.69, 9.17) is 16.3 Å². The number of hydrogen-bond acceptors (Lipinski definition) is 5. The molecule has 0 unspecified atom stereocenters. The Bertz CT molecular complexity index is 1420. The van der Waals surface area contributed by atoms with E-state index in [1.54, 1.807) is 35.0 Å². The van der Waals surface area contributed by atoms with Crippen LogP contribution in [0, 0.1) is 5.82 Å². The van der Waals surface area contributed by atoms with E-state index in [0.717, 1.165) is 0 Å². The summed E-state index contributed by atoms with van der Waals surface area (Å²) in [6.07, 6.45) is 0.0764. The van der Waals surface area contributed by atoms with Gasteiger partial charge in [-0.2, -0.15) is 0 Å². The van der Waals surface area contributed by atoms with Crippen LogP contribution in [0.1, 0.15) is 41.3 Å². The van der Waals surface area contributed by atoms with Crippen molar-refractivity contribution in [2.45, 2.75) is 51.4 Å². The topological polar surface area (TPSA) is 85.7 Å². The molecule has 0 spiro atoms. The number of rotatable bonds is 9. The van der Waals surface area contributed by atoms with Gasteiger partial charge in [0.25, 0.3) is 0 Å². The summed E-state index contributed by atoms with van der Waals surface area (Å²) in [5, 5.41) is 0.565. The van der Waals surface area contributed by atoms with Crippen molar-refractivity contribution in [3.05, 3.63) is 70.1 Å². The van der Waals surface area contributed by atoms with Crippen molar-refractivity contribution in [1.82, 2.24) is 9.47 Å². The third kappa shape index (κ3) is 5.78. The summed E-state index contributed by atoms with van der Waals surface area (Å²) in [7, 11) is 1.29. The SMILES string of the molecule is COC(=O)Cc1ccc2c(C(C)=O)cn(CC(=O)N3C[C@H](F)C[C@H]3C(=O)CCc3cccc(Cl)c3F)c2c1. The van der Waals surface area contributed by atoms with Gasteiger partial charge in [-0.05, 0) is 36.6 Å². The second-order valence-corrected chi connectivity index (χ2v) is 9.81. The Balaban J connectivity index is 1.54. The molecular formula is C28H27ClF2N2O5. The zero-order valence-electron chi connectivity index (χ0n) is 21.0. The molecule has 1 aromatic heterocycles. The Morgan fingerprint density at radius 1 is 1.16 bits per heavy atom. The van der Waals surface area contributed by atoms with Gasteiger partial charge in [-0.25, -0.2) is 8.78 Å². The molecule has 0 N–H and O–H groups in total. The minimum absolute atomic E-state index is 0.0143. The van der Waals surface area contributed by atoms with Crippen LogP contribution in [0.3, 0.4) is 0 Å². The highest BCUT2D eigenvalue weighted by Crippen LogP contribution is 2.27. The number of ether oxygens (including phenoxy) is 1. The molecule has 4 rings (SSSR count). The fraction of sp³-hybridized carbons (Fsp3) is 0.357. The number of aryl methyl sites for hydroxylation is 1.